The van der Waals surface area contributed by atoms with E-state index in [9.17, 15) is 22.8 Å². The average molecular weight is 472 g/mol. The van der Waals surface area contributed by atoms with E-state index in [2.05, 4.69) is 27.2 Å². The number of alkyl halides is 3. The Bertz CT molecular complexity index is 1270. The van der Waals surface area contributed by atoms with Crippen molar-refractivity contribution in [2.75, 3.05) is 23.3 Å². The molecule has 2 N–H and O–H groups in total. The number of benzene rings is 1. The molecule has 1 fully saturated rings. The quantitative estimate of drug-likeness (QED) is 0.552. The second-order valence-electron chi connectivity index (χ2n) is 7.89. The fourth-order valence-electron chi connectivity index (χ4n) is 3.99. The minimum Gasteiger partial charge on any atom is -0.352 e. The normalized spacial score (nSPS) is 14.7. The molecule has 34 heavy (non-hydrogen) atoms. The smallest absolute Gasteiger partial charge is 0.352 e. The highest BCUT2D eigenvalue weighted by molar-refractivity contribution is 5.90. The van der Waals surface area contributed by atoms with Gasteiger partial charge in [-0.3, -0.25) is 9.36 Å². The minimum atomic E-state index is -4.57. The van der Waals surface area contributed by atoms with Crippen molar-refractivity contribution in [2.24, 2.45) is 0 Å². The summed E-state index contributed by atoms with van der Waals surface area (Å²) in [5.41, 5.74) is -0.432. The predicted octanol–water partition coefficient (Wildman–Crippen LogP) is 3.79. The fourth-order valence-corrected chi connectivity index (χ4v) is 3.99. The van der Waals surface area contributed by atoms with E-state index in [1.54, 1.807) is 24.4 Å². The first-order chi connectivity index (χ1) is 16.3. The van der Waals surface area contributed by atoms with Crippen LogP contribution in [0.3, 0.4) is 0 Å². The van der Waals surface area contributed by atoms with Crippen molar-refractivity contribution in [2.45, 2.75) is 31.6 Å². The molecule has 178 valence electrons. The number of fused-ring (bicyclic) bond motifs is 1. The van der Waals surface area contributed by atoms with Crippen LogP contribution in [-0.4, -0.2) is 39.7 Å². The lowest BCUT2D eigenvalue weighted by molar-refractivity contribution is -0.136. The van der Waals surface area contributed by atoms with Gasteiger partial charge in [-0.15, -0.1) is 6.58 Å². The molecule has 0 aliphatic carbocycles. The zero-order valence-electron chi connectivity index (χ0n) is 18.2. The number of nitrogens with zero attached hydrogens (tertiary/aromatic N) is 4. The number of rotatable bonds is 5. The van der Waals surface area contributed by atoms with Crippen molar-refractivity contribution in [3.05, 3.63) is 71.2 Å². The third-order valence-electron chi connectivity index (χ3n) is 5.61. The van der Waals surface area contributed by atoms with Crippen LogP contribution in [-0.2, 0) is 12.7 Å². The van der Waals surface area contributed by atoms with E-state index in [4.69, 9.17) is 0 Å². The number of carbonyl (C=O) groups is 1. The molecule has 0 spiro atoms. The molecule has 0 atom stereocenters. The van der Waals surface area contributed by atoms with Crippen LogP contribution in [0.15, 0.2) is 60.0 Å². The fraction of sp³-hybridized carbons (Fsp3) is 0.304. The number of hydrogen-bond acceptors (Lipinski definition) is 5. The highest BCUT2D eigenvalue weighted by atomic mass is 19.4. The van der Waals surface area contributed by atoms with Crippen LogP contribution < -0.4 is 21.1 Å². The van der Waals surface area contributed by atoms with E-state index < -0.39 is 17.8 Å². The Morgan fingerprint density at radius 2 is 1.91 bits per heavy atom. The molecular formula is C23H23F3N6O2. The lowest BCUT2D eigenvalue weighted by atomic mass is 10.1. The van der Waals surface area contributed by atoms with Gasteiger partial charge in [-0.05, 0) is 37.1 Å². The standard InChI is InChI=1S/C23H23F3N6O2/c1-2-12-32-19-18(8-5-11-27-19)29-20(21(32)33)31-13-9-15(10-14-31)28-22(34)30-17-7-4-3-6-16(17)23(24,25)26/h2-8,11,15H,1,9-10,12-14H2,(H2,28,30,34). The van der Waals surface area contributed by atoms with Gasteiger partial charge in [0.1, 0.15) is 5.52 Å². The number of amides is 2. The number of urea groups is 1. The maximum atomic E-state index is 13.1. The summed E-state index contributed by atoms with van der Waals surface area (Å²) < 4.78 is 41.0. The van der Waals surface area contributed by atoms with E-state index in [1.165, 1.54) is 22.8 Å². The van der Waals surface area contributed by atoms with Crippen LogP contribution >= 0.6 is 0 Å². The maximum Gasteiger partial charge on any atom is 0.418 e. The summed E-state index contributed by atoms with van der Waals surface area (Å²) in [5, 5.41) is 5.02. The first-order valence-corrected chi connectivity index (χ1v) is 10.7. The summed E-state index contributed by atoms with van der Waals surface area (Å²) in [5.74, 6) is 0.296. The molecule has 1 saturated heterocycles. The summed E-state index contributed by atoms with van der Waals surface area (Å²) in [6.07, 6.45) is -0.358. The van der Waals surface area contributed by atoms with E-state index >= 15 is 0 Å². The largest absolute Gasteiger partial charge is 0.418 e. The first-order valence-electron chi connectivity index (χ1n) is 10.7. The van der Waals surface area contributed by atoms with Gasteiger partial charge in [-0.2, -0.15) is 13.2 Å². The van der Waals surface area contributed by atoms with Crippen molar-refractivity contribution >= 4 is 28.7 Å². The Hall–Kier alpha value is -3.89. The second kappa shape index (κ2) is 9.54. The average Bonchev–Trinajstić information content (AvgIpc) is 2.81. The third-order valence-corrected chi connectivity index (χ3v) is 5.61. The summed E-state index contributed by atoms with van der Waals surface area (Å²) in [6, 6.07) is 7.37. The number of aromatic nitrogens is 3. The molecule has 2 aromatic heterocycles. The van der Waals surface area contributed by atoms with E-state index in [1.807, 2.05) is 4.90 Å². The van der Waals surface area contributed by atoms with Gasteiger partial charge >= 0.3 is 12.2 Å². The number of carbonyl (C=O) groups excluding carboxylic acids is 1. The lowest BCUT2D eigenvalue weighted by Crippen LogP contribution is -2.47. The molecule has 0 radical (unpaired) electrons. The van der Waals surface area contributed by atoms with Gasteiger partial charge in [0, 0.05) is 31.9 Å². The molecule has 8 nitrogen and oxygen atoms in total. The highest BCUT2D eigenvalue weighted by Crippen LogP contribution is 2.34. The Labute approximate surface area is 193 Å². The van der Waals surface area contributed by atoms with Gasteiger partial charge in [-0.25, -0.2) is 14.8 Å². The molecule has 1 aliphatic heterocycles. The summed E-state index contributed by atoms with van der Waals surface area (Å²) >= 11 is 0. The first kappa shape index (κ1) is 23.3. The van der Waals surface area contributed by atoms with Crippen LogP contribution in [0, 0.1) is 0 Å². The molecule has 0 saturated carbocycles. The molecule has 4 rings (SSSR count). The summed E-state index contributed by atoms with van der Waals surface area (Å²) in [6.45, 7) is 4.89. The predicted molar refractivity (Wildman–Crippen MR) is 123 cm³/mol. The number of allylic oxidation sites excluding steroid dienone is 1. The topological polar surface area (TPSA) is 92.2 Å². The zero-order valence-corrected chi connectivity index (χ0v) is 18.2. The number of anilines is 2. The van der Waals surface area contributed by atoms with Crippen LogP contribution in [0.25, 0.3) is 11.2 Å². The van der Waals surface area contributed by atoms with Gasteiger partial charge in [0.2, 0.25) is 0 Å². The Kier molecular flexibility index (Phi) is 6.53. The van der Waals surface area contributed by atoms with Crippen molar-refractivity contribution in [1.82, 2.24) is 19.9 Å². The Balaban J connectivity index is 1.43. The molecule has 3 heterocycles. The molecule has 0 unspecified atom stereocenters. The molecule has 11 heteroatoms. The van der Waals surface area contributed by atoms with Gasteiger partial charge in [0.15, 0.2) is 11.5 Å². The Morgan fingerprint density at radius 3 is 2.62 bits per heavy atom. The number of para-hydroxylation sites is 1. The highest BCUT2D eigenvalue weighted by Gasteiger charge is 2.34. The Morgan fingerprint density at radius 1 is 1.18 bits per heavy atom. The zero-order chi connectivity index (χ0) is 24.3. The third kappa shape index (κ3) is 4.87. The van der Waals surface area contributed by atoms with Gasteiger partial charge in [-0.1, -0.05) is 18.2 Å². The molecule has 0 bridgehead atoms. The van der Waals surface area contributed by atoms with Crippen molar-refractivity contribution in [3.8, 4) is 0 Å². The SMILES string of the molecule is C=CCn1c(=O)c(N2CCC(NC(=O)Nc3ccccc3C(F)(F)F)CC2)nc2cccnc21. The monoisotopic (exact) mass is 472 g/mol. The second-order valence-corrected chi connectivity index (χ2v) is 7.89. The number of pyridine rings is 1. The van der Waals surface area contributed by atoms with Crippen molar-refractivity contribution in [1.29, 1.82) is 0 Å². The van der Waals surface area contributed by atoms with Crippen LogP contribution in [0.5, 0.6) is 0 Å². The number of hydrogen-bond donors (Lipinski definition) is 2. The van der Waals surface area contributed by atoms with E-state index in [-0.39, 0.29) is 17.3 Å². The van der Waals surface area contributed by atoms with E-state index in [0.29, 0.717) is 49.5 Å². The van der Waals surface area contributed by atoms with E-state index in [0.717, 1.165) is 6.07 Å². The van der Waals surface area contributed by atoms with Gasteiger partial charge in [0.25, 0.3) is 5.56 Å². The molecule has 1 aromatic carbocycles. The summed E-state index contributed by atoms with van der Waals surface area (Å²) in [4.78, 5) is 36.0. The number of halogens is 3. The van der Waals surface area contributed by atoms with Crippen LogP contribution in [0.1, 0.15) is 18.4 Å². The maximum absolute atomic E-state index is 13.1. The minimum absolute atomic E-state index is 0.258. The van der Waals surface area contributed by atoms with Crippen molar-refractivity contribution < 1.29 is 18.0 Å². The van der Waals surface area contributed by atoms with Gasteiger partial charge < -0.3 is 15.5 Å². The molecule has 1 aliphatic rings. The number of nitrogens with one attached hydrogen (secondary N) is 2. The lowest BCUT2D eigenvalue weighted by Gasteiger charge is -2.33. The molecule has 2 amide bonds. The number of piperidine rings is 1. The van der Waals surface area contributed by atoms with Crippen LogP contribution in [0.2, 0.25) is 0 Å². The summed E-state index contributed by atoms with van der Waals surface area (Å²) in [7, 11) is 0. The van der Waals surface area contributed by atoms with Crippen molar-refractivity contribution in [3.63, 3.8) is 0 Å². The van der Waals surface area contributed by atoms with Gasteiger partial charge in [0.05, 0.1) is 11.3 Å². The molecular weight excluding hydrogens is 449 g/mol. The molecule has 3 aromatic rings. The van der Waals surface area contributed by atoms with Crippen LogP contribution in [0.4, 0.5) is 29.5 Å².